The quantitative estimate of drug-likeness (QED) is 0.796. The Hall–Kier alpha value is -0.410. The number of rotatable bonds is 3. The molecule has 0 aromatic carbocycles. The molecule has 0 saturated heterocycles. The molecule has 13 heavy (non-hydrogen) atoms. The van der Waals surface area contributed by atoms with Crippen LogP contribution in [0.15, 0.2) is 10.9 Å². The zero-order chi connectivity index (χ0) is 8.67. The van der Waals surface area contributed by atoms with E-state index in [1.54, 1.807) is 11.3 Å². The summed E-state index contributed by atoms with van der Waals surface area (Å²) >= 11 is 1.68. The van der Waals surface area contributed by atoms with Gasteiger partial charge in [0.1, 0.15) is 0 Å². The molecule has 2 fully saturated rings. The van der Waals surface area contributed by atoms with Gasteiger partial charge in [0, 0.05) is 18.0 Å². The molecule has 2 aliphatic carbocycles. The Kier molecular flexibility index (Phi) is 1.87. The number of aromatic nitrogens is 1. The summed E-state index contributed by atoms with van der Waals surface area (Å²) in [5.74, 6) is 2.15. The van der Waals surface area contributed by atoms with Crippen molar-refractivity contribution in [2.75, 3.05) is 0 Å². The number of hydrogen-bond acceptors (Lipinski definition) is 3. The standard InChI is InChI=1S/C10H14N2S/c1-7-2-9(3-8(1)7)11-4-10-5-13-6-12-10/h5-9,11H,1-4H2. The van der Waals surface area contributed by atoms with Gasteiger partial charge in [-0.05, 0) is 31.1 Å². The number of fused-ring (bicyclic) bond motifs is 1. The predicted octanol–water partition coefficient (Wildman–Crippen LogP) is 2.03. The minimum atomic E-state index is 0.783. The second-order valence-electron chi connectivity index (χ2n) is 4.28. The van der Waals surface area contributed by atoms with Crippen LogP contribution < -0.4 is 5.32 Å². The Morgan fingerprint density at radius 2 is 2.23 bits per heavy atom. The first-order valence-electron chi connectivity index (χ1n) is 5.02. The smallest absolute Gasteiger partial charge is 0.0795 e. The SMILES string of the molecule is c1nc(CNC2CC3CC3C2)cs1. The third kappa shape index (κ3) is 1.63. The maximum Gasteiger partial charge on any atom is 0.0795 e. The molecular formula is C10H14N2S. The Morgan fingerprint density at radius 1 is 1.38 bits per heavy atom. The van der Waals surface area contributed by atoms with E-state index in [9.17, 15) is 0 Å². The van der Waals surface area contributed by atoms with Gasteiger partial charge >= 0.3 is 0 Å². The van der Waals surface area contributed by atoms with Crippen molar-refractivity contribution in [3.63, 3.8) is 0 Å². The Morgan fingerprint density at radius 3 is 2.92 bits per heavy atom. The molecule has 2 atom stereocenters. The highest BCUT2D eigenvalue weighted by Gasteiger charge is 2.45. The Bertz CT molecular complexity index is 273. The van der Waals surface area contributed by atoms with Gasteiger partial charge < -0.3 is 5.32 Å². The molecular weight excluding hydrogens is 180 g/mol. The number of nitrogens with zero attached hydrogens (tertiary/aromatic N) is 1. The van der Waals surface area contributed by atoms with Gasteiger partial charge in [-0.15, -0.1) is 11.3 Å². The van der Waals surface area contributed by atoms with E-state index < -0.39 is 0 Å². The maximum absolute atomic E-state index is 4.26. The van der Waals surface area contributed by atoms with E-state index in [-0.39, 0.29) is 0 Å². The van der Waals surface area contributed by atoms with Crippen LogP contribution in [0.1, 0.15) is 25.0 Å². The van der Waals surface area contributed by atoms with Gasteiger partial charge in [-0.1, -0.05) is 0 Å². The molecule has 0 amide bonds. The van der Waals surface area contributed by atoms with Crippen LogP contribution in [0.3, 0.4) is 0 Å². The summed E-state index contributed by atoms with van der Waals surface area (Å²) in [4.78, 5) is 4.26. The second kappa shape index (κ2) is 3.07. The van der Waals surface area contributed by atoms with Crippen LogP contribution in [0.5, 0.6) is 0 Å². The van der Waals surface area contributed by atoms with Crippen LogP contribution in [0, 0.1) is 11.8 Å². The zero-order valence-corrected chi connectivity index (χ0v) is 8.39. The molecule has 1 aromatic heterocycles. The fourth-order valence-corrected chi connectivity index (χ4v) is 3.01. The number of nitrogens with one attached hydrogen (secondary N) is 1. The van der Waals surface area contributed by atoms with E-state index in [1.807, 2.05) is 5.51 Å². The van der Waals surface area contributed by atoms with Crippen molar-refractivity contribution in [3.05, 3.63) is 16.6 Å². The first-order chi connectivity index (χ1) is 6.42. The summed E-state index contributed by atoms with van der Waals surface area (Å²) in [7, 11) is 0. The van der Waals surface area contributed by atoms with Crippen molar-refractivity contribution in [2.24, 2.45) is 11.8 Å². The van der Waals surface area contributed by atoms with Crippen LogP contribution in [0.25, 0.3) is 0 Å². The fourth-order valence-electron chi connectivity index (χ4n) is 2.46. The second-order valence-corrected chi connectivity index (χ2v) is 5.00. The monoisotopic (exact) mass is 194 g/mol. The van der Waals surface area contributed by atoms with Gasteiger partial charge in [0.05, 0.1) is 11.2 Å². The highest BCUT2D eigenvalue weighted by atomic mass is 32.1. The Labute approximate surface area is 82.4 Å². The average Bonchev–Trinajstić information content (AvgIpc) is 2.64. The third-order valence-corrected chi connectivity index (χ3v) is 3.93. The van der Waals surface area contributed by atoms with Gasteiger partial charge in [0.15, 0.2) is 0 Å². The summed E-state index contributed by atoms with van der Waals surface area (Å²) in [6.45, 7) is 0.966. The topological polar surface area (TPSA) is 24.9 Å². The third-order valence-electron chi connectivity index (χ3n) is 3.30. The lowest BCUT2D eigenvalue weighted by molar-refractivity contribution is 0.477. The lowest BCUT2D eigenvalue weighted by Gasteiger charge is -2.12. The average molecular weight is 194 g/mol. The molecule has 2 nitrogen and oxygen atoms in total. The molecule has 3 rings (SSSR count). The summed E-state index contributed by atoms with van der Waals surface area (Å²) < 4.78 is 0. The lowest BCUT2D eigenvalue weighted by Crippen LogP contribution is -2.26. The maximum atomic E-state index is 4.26. The van der Waals surface area contributed by atoms with Crippen molar-refractivity contribution in [3.8, 4) is 0 Å². The molecule has 1 N–H and O–H groups in total. The number of hydrogen-bond donors (Lipinski definition) is 1. The van der Waals surface area contributed by atoms with Gasteiger partial charge in [0.25, 0.3) is 0 Å². The van der Waals surface area contributed by atoms with Crippen molar-refractivity contribution in [1.82, 2.24) is 10.3 Å². The fraction of sp³-hybridized carbons (Fsp3) is 0.700. The van der Waals surface area contributed by atoms with Crippen LogP contribution >= 0.6 is 11.3 Å². The summed E-state index contributed by atoms with van der Waals surface area (Å²) in [5.41, 5.74) is 3.11. The normalized spacial score (nSPS) is 36.2. The summed E-state index contributed by atoms with van der Waals surface area (Å²) in [5, 5.41) is 5.72. The predicted molar refractivity (Wildman–Crippen MR) is 53.6 cm³/mol. The van der Waals surface area contributed by atoms with E-state index in [0.717, 1.165) is 24.4 Å². The molecule has 0 radical (unpaired) electrons. The van der Waals surface area contributed by atoms with Crippen molar-refractivity contribution < 1.29 is 0 Å². The molecule has 3 heteroatoms. The zero-order valence-electron chi connectivity index (χ0n) is 7.57. The van der Waals surface area contributed by atoms with Crippen molar-refractivity contribution in [1.29, 1.82) is 0 Å². The Balaban J connectivity index is 1.48. The first-order valence-corrected chi connectivity index (χ1v) is 5.96. The summed E-state index contributed by atoms with van der Waals surface area (Å²) in [6.07, 6.45) is 4.33. The van der Waals surface area contributed by atoms with Gasteiger partial charge in [0.2, 0.25) is 0 Å². The lowest BCUT2D eigenvalue weighted by atomic mass is 10.1. The van der Waals surface area contributed by atoms with Crippen LogP contribution in [-0.4, -0.2) is 11.0 Å². The molecule has 2 unspecified atom stereocenters. The minimum absolute atomic E-state index is 0.783. The van der Waals surface area contributed by atoms with Crippen LogP contribution in [-0.2, 0) is 6.54 Å². The molecule has 0 spiro atoms. The van der Waals surface area contributed by atoms with Crippen molar-refractivity contribution in [2.45, 2.75) is 31.8 Å². The molecule has 70 valence electrons. The van der Waals surface area contributed by atoms with Crippen LogP contribution in [0.4, 0.5) is 0 Å². The van der Waals surface area contributed by atoms with Crippen LogP contribution in [0.2, 0.25) is 0 Å². The van der Waals surface area contributed by atoms with Gasteiger partial charge in [-0.2, -0.15) is 0 Å². The highest BCUT2D eigenvalue weighted by molar-refractivity contribution is 7.07. The molecule has 2 saturated carbocycles. The van der Waals surface area contributed by atoms with E-state index in [4.69, 9.17) is 0 Å². The van der Waals surface area contributed by atoms with E-state index in [2.05, 4.69) is 15.7 Å². The molecule has 0 aliphatic heterocycles. The molecule has 1 aromatic rings. The molecule has 2 aliphatic rings. The summed E-state index contributed by atoms with van der Waals surface area (Å²) in [6, 6.07) is 0.783. The largest absolute Gasteiger partial charge is 0.308 e. The number of thiazole rings is 1. The highest BCUT2D eigenvalue weighted by Crippen LogP contribution is 2.51. The van der Waals surface area contributed by atoms with Gasteiger partial charge in [-0.3, -0.25) is 0 Å². The molecule has 0 bridgehead atoms. The first kappa shape index (κ1) is 7.94. The van der Waals surface area contributed by atoms with Gasteiger partial charge in [-0.25, -0.2) is 4.98 Å². The van der Waals surface area contributed by atoms with E-state index in [0.29, 0.717) is 0 Å². The minimum Gasteiger partial charge on any atom is -0.308 e. The van der Waals surface area contributed by atoms with E-state index >= 15 is 0 Å². The molecule has 1 heterocycles. The van der Waals surface area contributed by atoms with Crippen molar-refractivity contribution >= 4 is 11.3 Å². The van der Waals surface area contributed by atoms with E-state index in [1.165, 1.54) is 25.0 Å².